The Morgan fingerprint density at radius 3 is 2.45 bits per heavy atom. The topological polar surface area (TPSA) is 3.24 Å². The molecule has 1 heteroatoms. The molecule has 2 unspecified atom stereocenters. The van der Waals surface area contributed by atoms with Crippen molar-refractivity contribution in [2.24, 2.45) is 11.8 Å². The van der Waals surface area contributed by atoms with Gasteiger partial charge in [-0.3, -0.25) is 0 Å². The molecular formula is C21H35N. The minimum atomic E-state index is 0.259. The zero-order valence-electron chi connectivity index (χ0n) is 15.4. The highest BCUT2D eigenvalue weighted by Crippen LogP contribution is 2.26. The van der Waals surface area contributed by atoms with Crippen LogP contribution < -0.4 is 0 Å². The van der Waals surface area contributed by atoms with Crippen molar-refractivity contribution >= 4 is 0 Å². The molecule has 22 heavy (non-hydrogen) atoms. The van der Waals surface area contributed by atoms with Crippen molar-refractivity contribution in [3.8, 4) is 0 Å². The fraction of sp³-hybridized carbons (Fsp3) is 0.714. The Bertz CT molecular complexity index is 440. The van der Waals surface area contributed by atoms with Crippen LogP contribution in [0.15, 0.2) is 24.3 Å². The molecule has 1 aromatic rings. The van der Waals surface area contributed by atoms with E-state index in [1.807, 2.05) is 0 Å². The maximum atomic E-state index is 2.69. The molecular weight excluding hydrogens is 266 g/mol. The van der Waals surface area contributed by atoms with E-state index in [-0.39, 0.29) is 5.41 Å². The van der Waals surface area contributed by atoms with Gasteiger partial charge in [-0.05, 0) is 54.2 Å². The average Bonchev–Trinajstić information content (AvgIpc) is 2.52. The fourth-order valence-corrected chi connectivity index (χ4v) is 3.55. The number of rotatable bonds is 5. The second-order valence-corrected chi connectivity index (χ2v) is 8.29. The van der Waals surface area contributed by atoms with Crippen molar-refractivity contribution in [1.82, 2.24) is 4.90 Å². The summed E-state index contributed by atoms with van der Waals surface area (Å²) in [7, 11) is 0. The molecule has 1 fully saturated rings. The van der Waals surface area contributed by atoms with Gasteiger partial charge in [0.1, 0.15) is 0 Å². The Labute approximate surface area is 138 Å². The van der Waals surface area contributed by atoms with Gasteiger partial charge in [0.15, 0.2) is 0 Å². The summed E-state index contributed by atoms with van der Waals surface area (Å²) in [6.07, 6.45) is 5.34. The van der Waals surface area contributed by atoms with Gasteiger partial charge in [-0.25, -0.2) is 0 Å². The number of nitrogens with zero attached hydrogens (tertiary/aromatic N) is 1. The first-order chi connectivity index (χ1) is 10.4. The van der Waals surface area contributed by atoms with Crippen LogP contribution >= 0.6 is 0 Å². The first kappa shape index (κ1) is 17.5. The first-order valence-electron chi connectivity index (χ1n) is 9.22. The smallest absolute Gasteiger partial charge is 0.00219 e. The minimum Gasteiger partial charge on any atom is -0.303 e. The van der Waals surface area contributed by atoms with Gasteiger partial charge in [0.05, 0.1) is 0 Å². The molecule has 0 aromatic heterocycles. The van der Waals surface area contributed by atoms with Crippen LogP contribution in [0.2, 0.25) is 0 Å². The predicted molar refractivity (Wildman–Crippen MR) is 97.5 cm³/mol. The van der Waals surface area contributed by atoms with Crippen LogP contribution in [0, 0.1) is 11.8 Å². The standard InChI is InChI=1S/C21H35N/c1-6-17(2)19-8-7-14-22(16-19)15-13-18-9-11-20(12-10-18)21(3,4)5/h9-12,17,19H,6-8,13-16H2,1-5H3. The molecule has 1 saturated heterocycles. The van der Waals surface area contributed by atoms with Crippen molar-refractivity contribution < 1.29 is 0 Å². The van der Waals surface area contributed by atoms with Crippen LogP contribution in [0.3, 0.4) is 0 Å². The lowest BCUT2D eigenvalue weighted by Gasteiger charge is -2.35. The Hall–Kier alpha value is -0.820. The molecule has 0 spiro atoms. The molecule has 0 N–H and O–H groups in total. The van der Waals surface area contributed by atoms with Gasteiger partial charge >= 0.3 is 0 Å². The van der Waals surface area contributed by atoms with Gasteiger partial charge < -0.3 is 4.90 Å². The van der Waals surface area contributed by atoms with Gasteiger partial charge in [-0.2, -0.15) is 0 Å². The van der Waals surface area contributed by atoms with Crippen molar-refractivity contribution in [3.63, 3.8) is 0 Å². The third-order valence-electron chi connectivity index (χ3n) is 5.53. The molecule has 1 nitrogen and oxygen atoms in total. The molecule has 0 saturated carbocycles. The van der Waals surface area contributed by atoms with Gasteiger partial charge in [-0.1, -0.05) is 65.3 Å². The summed E-state index contributed by atoms with van der Waals surface area (Å²) in [6, 6.07) is 9.29. The predicted octanol–water partition coefficient (Wildman–Crippen LogP) is 5.28. The third-order valence-corrected chi connectivity index (χ3v) is 5.53. The SMILES string of the molecule is CCC(C)C1CCCN(CCc2ccc(C(C)(C)C)cc2)C1. The molecule has 0 aliphatic carbocycles. The summed E-state index contributed by atoms with van der Waals surface area (Å²) in [5.41, 5.74) is 3.18. The van der Waals surface area contributed by atoms with E-state index in [4.69, 9.17) is 0 Å². The highest BCUT2D eigenvalue weighted by atomic mass is 15.1. The lowest BCUT2D eigenvalue weighted by atomic mass is 9.85. The Morgan fingerprint density at radius 1 is 1.18 bits per heavy atom. The Balaban J connectivity index is 1.85. The second-order valence-electron chi connectivity index (χ2n) is 8.29. The minimum absolute atomic E-state index is 0.259. The molecule has 0 amide bonds. The molecule has 1 heterocycles. The molecule has 2 rings (SSSR count). The van der Waals surface area contributed by atoms with Crippen LogP contribution in [0.5, 0.6) is 0 Å². The second kappa shape index (κ2) is 7.64. The summed E-state index contributed by atoms with van der Waals surface area (Å²) in [5.74, 6) is 1.80. The Kier molecular flexibility index (Phi) is 6.09. The lowest BCUT2D eigenvalue weighted by Crippen LogP contribution is -2.38. The third kappa shape index (κ3) is 4.84. The molecule has 1 aliphatic rings. The zero-order chi connectivity index (χ0) is 16.2. The van der Waals surface area contributed by atoms with Crippen molar-refractivity contribution in [2.45, 2.75) is 65.7 Å². The van der Waals surface area contributed by atoms with Gasteiger partial charge in [-0.15, -0.1) is 0 Å². The van der Waals surface area contributed by atoms with E-state index < -0.39 is 0 Å². The van der Waals surface area contributed by atoms with Crippen molar-refractivity contribution in [1.29, 1.82) is 0 Å². The molecule has 1 aromatic carbocycles. The monoisotopic (exact) mass is 301 g/mol. The van der Waals surface area contributed by atoms with Gasteiger partial charge in [0.25, 0.3) is 0 Å². The van der Waals surface area contributed by atoms with Crippen LogP contribution in [-0.4, -0.2) is 24.5 Å². The van der Waals surface area contributed by atoms with Gasteiger partial charge in [0, 0.05) is 13.1 Å². The number of likely N-dealkylation sites (tertiary alicyclic amines) is 1. The van der Waals surface area contributed by atoms with E-state index in [9.17, 15) is 0 Å². The van der Waals surface area contributed by atoms with E-state index in [2.05, 4.69) is 63.8 Å². The normalized spacial score (nSPS) is 21.8. The number of hydrogen-bond donors (Lipinski definition) is 0. The zero-order valence-corrected chi connectivity index (χ0v) is 15.4. The first-order valence-corrected chi connectivity index (χ1v) is 9.22. The van der Waals surface area contributed by atoms with Crippen LogP contribution in [-0.2, 0) is 11.8 Å². The molecule has 0 radical (unpaired) electrons. The van der Waals surface area contributed by atoms with Crippen LogP contribution in [0.4, 0.5) is 0 Å². The Morgan fingerprint density at radius 2 is 1.86 bits per heavy atom. The van der Waals surface area contributed by atoms with Crippen molar-refractivity contribution in [3.05, 3.63) is 35.4 Å². The molecule has 1 aliphatic heterocycles. The van der Waals surface area contributed by atoms with Crippen LogP contribution in [0.1, 0.15) is 65.0 Å². The van der Waals surface area contributed by atoms with E-state index in [0.29, 0.717) is 0 Å². The summed E-state index contributed by atoms with van der Waals surface area (Å²) >= 11 is 0. The quantitative estimate of drug-likeness (QED) is 0.714. The summed E-state index contributed by atoms with van der Waals surface area (Å²) in [6.45, 7) is 15.4. The van der Waals surface area contributed by atoms with E-state index >= 15 is 0 Å². The van der Waals surface area contributed by atoms with E-state index in [1.165, 1.54) is 56.4 Å². The highest BCUT2D eigenvalue weighted by molar-refractivity contribution is 5.27. The van der Waals surface area contributed by atoms with E-state index in [0.717, 1.165) is 11.8 Å². The maximum Gasteiger partial charge on any atom is 0.00219 e. The largest absolute Gasteiger partial charge is 0.303 e. The highest BCUT2D eigenvalue weighted by Gasteiger charge is 2.23. The number of hydrogen-bond acceptors (Lipinski definition) is 1. The molecule has 2 atom stereocenters. The number of benzene rings is 1. The maximum absolute atomic E-state index is 2.69. The molecule has 0 bridgehead atoms. The number of piperidine rings is 1. The van der Waals surface area contributed by atoms with E-state index in [1.54, 1.807) is 0 Å². The van der Waals surface area contributed by atoms with Crippen LogP contribution in [0.25, 0.3) is 0 Å². The lowest BCUT2D eigenvalue weighted by molar-refractivity contribution is 0.139. The summed E-state index contributed by atoms with van der Waals surface area (Å²) < 4.78 is 0. The summed E-state index contributed by atoms with van der Waals surface area (Å²) in [5, 5.41) is 0. The van der Waals surface area contributed by atoms with Gasteiger partial charge in [0.2, 0.25) is 0 Å². The average molecular weight is 302 g/mol. The fourth-order valence-electron chi connectivity index (χ4n) is 3.55. The van der Waals surface area contributed by atoms with Crippen molar-refractivity contribution in [2.75, 3.05) is 19.6 Å². The summed E-state index contributed by atoms with van der Waals surface area (Å²) in [4.78, 5) is 2.69. The molecule has 124 valence electrons.